The minimum absolute atomic E-state index is 0. The zero-order valence-electron chi connectivity index (χ0n) is 19.7. The summed E-state index contributed by atoms with van der Waals surface area (Å²) in [5, 5.41) is 7.12. The molecular formula is C27H38IN3O2. The van der Waals surface area contributed by atoms with E-state index in [0.717, 1.165) is 38.6 Å². The van der Waals surface area contributed by atoms with Gasteiger partial charge in [0, 0.05) is 32.8 Å². The molecule has 1 aliphatic carbocycles. The van der Waals surface area contributed by atoms with Crippen LogP contribution in [0.3, 0.4) is 0 Å². The molecule has 1 heterocycles. The van der Waals surface area contributed by atoms with Gasteiger partial charge in [-0.3, -0.25) is 4.99 Å². The molecule has 2 fully saturated rings. The lowest BCUT2D eigenvalue weighted by Gasteiger charge is -2.30. The Kier molecular flexibility index (Phi) is 11.0. The molecule has 2 aromatic carbocycles. The third-order valence-corrected chi connectivity index (χ3v) is 6.67. The summed E-state index contributed by atoms with van der Waals surface area (Å²) >= 11 is 0. The molecule has 0 atom stereocenters. The first kappa shape index (κ1) is 26.0. The van der Waals surface area contributed by atoms with Crippen molar-refractivity contribution in [1.82, 2.24) is 10.6 Å². The second-order valence-electron chi connectivity index (χ2n) is 8.97. The predicted molar refractivity (Wildman–Crippen MR) is 145 cm³/mol. The Labute approximate surface area is 215 Å². The fraction of sp³-hybridized carbons (Fsp3) is 0.519. The summed E-state index contributed by atoms with van der Waals surface area (Å²) in [4.78, 5) is 4.45. The number of rotatable bonds is 7. The van der Waals surface area contributed by atoms with Gasteiger partial charge in [0.25, 0.3) is 0 Å². The van der Waals surface area contributed by atoms with E-state index >= 15 is 0 Å². The average Bonchev–Trinajstić information content (AvgIpc) is 2.87. The van der Waals surface area contributed by atoms with Gasteiger partial charge in [0.2, 0.25) is 0 Å². The van der Waals surface area contributed by atoms with Crippen LogP contribution in [0.1, 0.15) is 61.1 Å². The molecule has 1 saturated carbocycles. The van der Waals surface area contributed by atoms with Gasteiger partial charge in [-0.25, -0.2) is 0 Å². The van der Waals surface area contributed by atoms with Gasteiger partial charge < -0.3 is 20.1 Å². The molecule has 6 heteroatoms. The lowest BCUT2D eigenvalue weighted by atomic mass is 9.82. The van der Waals surface area contributed by atoms with Crippen LogP contribution in [0.4, 0.5) is 0 Å². The Balaban J connectivity index is 0.00000306. The molecule has 2 N–H and O–H groups in total. The topological polar surface area (TPSA) is 54.9 Å². The van der Waals surface area contributed by atoms with Gasteiger partial charge in [-0.2, -0.15) is 0 Å². The van der Waals surface area contributed by atoms with E-state index in [1.807, 2.05) is 7.05 Å². The molecule has 0 bridgehead atoms. The van der Waals surface area contributed by atoms with E-state index in [2.05, 4.69) is 70.2 Å². The van der Waals surface area contributed by atoms with E-state index < -0.39 is 0 Å². The van der Waals surface area contributed by atoms with Crippen molar-refractivity contribution in [2.24, 2.45) is 4.99 Å². The van der Waals surface area contributed by atoms with E-state index in [1.165, 1.54) is 42.4 Å². The second kappa shape index (κ2) is 13.9. The molecule has 5 nitrogen and oxygen atoms in total. The van der Waals surface area contributed by atoms with Gasteiger partial charge in [-0.05, 0) is 61.1 Å². The molecule has 1 saturated heterocycles. The first-order chi connectivity index (χ1) is 15.8. The highest BCUT2D eigenvalue weighted by molar-refractivity contribution is 14.0. The van der Waals surface area contributed by atoms with Crippen LogP contribution < -0.4 is 10.6 Å². The number of hydrogen-bond donors (Lipinski definition) is 2. The monoisotopic (exact) mass is 563 g/mol. The minimum atomic E-state index is 0. The zero-order valence-corrected chi connectivity index (χ0v) is 22.0. The summed E-state index contributed by atoms with van der Waals surface area (Å²) in [5.74, 6) is 1.58. The summed E-state index contributed by atoms with van der Waals surface area (Å²) in [7, 11) is 1.85. The fourth-order valence-corrected chi connectivity index (χ4v) is 4.76. The molecule has 2 aliphatic rings. The highest BCUT2D eigenvalue weighted by atomic mass is 127. The van der Waals surface area contributed by atoms with Gasteiger partial charge in [0.05, 0.1) is 12.7 Å². The number of benzene rings is 2. The number of guanidine groups is 1. The Hall–Kier alpha value is -1.64. The lowest BCUT2D eigenvalue weighted by molar-refractivity contribution is -0.0390. The first-order valence-electron chi connectivity index (χ1n) is 12.1. The normalized spacial score (nSPS) is 21.8. The largest absolute Gasteiger partial charge is 0.381 e. The van der Waals surface area contributed by atoms with Crippen molar-refractivity contribution in [2.45, 2.75) is 69.7 Å². The molecule has 0 radical (unpaired) electrons. The molecule has 180 valence electrons. The number of aliphatic imine (C=N–C) groups is 1. The zero-order chi connectivity index (χ0) is 22.0. The molecule has 1 aliphatic heterocycles. The number of halogens is 1. The van der Waals surface area contributed by atoms with Crippen LogP contribution in [-0.4, -0.2) is 38.4 Å². The smallest absolute Gasteiger partial charge is 0.191 e. The number of nitrogens with one attached hydrogen (secondary N) is 2. The van der Waals surface area contributed by atoms with Crippen molar-refractivity contribution in [3.8, 4) is 0 Å². The number of ether oxygens (including phenoxy) is 2. The molecule has 4 rings (SSSR count). The fourth-order valence-electron chi connectivity index (χ4n) is 4.76. The summed E-state index contributed by atoms with van der Waals surface area (Å²) in [6, 6.07) is 20.1. The van der Waals surface area contributed by atoms with Crippen molar-refractivity contribution < 1.29 is 9.47 Å². The van der Waals surface area contributed by atoms with Gasteiger partial charge in [-0.1, -0.05) is 54.6 Å². The SMILES string of the molecule is CN=C(NCc1cccc(COC2CCOCC2)c1)NC1CCC(c2ccccc2)CC1.I. The molecule has 33 heavy (non-hydrogen) atoms. The standard InChI is InChI=1S/C27H37N3O2.HI/c1-28-27(30-25-12-10-24(11-13-25)23-8-3-2-4-9-23)29-19-21-6-5-7-22(18-21)20-32-26-14-16-31-17-15-26;/h2-9,18,24-26H,10-17,19-20H2,1H3,(H2,28,29,30);1H. The van der Waals surface area contributed by atoms with E-state index in [0.29, 0.717) is 24.7 Å². The summed E-state index contributed by atoms with van der Waals surface area (Å²) in [6.07, 6.45) is 7.14. The second-order valence-corrected chi connectivity index (χ2v) is 8.97. The van der Waals surface area contributed by atoms with Crippen molar-refractivity contribution in [2.75, 3.05) is 20.3 Å². The molecular weight excluding hydrogens is 525 g/mol. The summed E-state index contributed by atoms with van der Waals surface area (Å²) in [5.41, 5.74) is 3.95. The highest BCUT2D eigenvalue weighted by Gasteiger charge is 2.22. The molecule has 0 amide bonds. The third kappa shape index (κ3) is 8.26. The van der Waals surface area contributed by atoms with Crippen LogP contribution in [0.25, 0.3) is 0 Å². The van der Waals surface area contributed by atoms with E-state index in [1.54, 1.807) is 0 Å². The first-order valence-corrected chi connectivity index (χ1v) is 12.1. The van der Waals surface area contributed by atoms with Gasteiger partial charge >= 0.3 is 0 Å². The Morgan fingerprint density at radius 2 is 1.67 bits per heavy atom. The van der Waals surface area contributed by atoms with E-state index in [9.17, 15) is 0 Å². The van der Waals surface area contributed by atoms with Crippen LogP contribution in [0.2, 0.25) is 0 Å². The van der Waals surface area contributed by atoms with Crippen LogP contribution in [0.15, 0.2) is 59.6 Å². The van der Waals surface area contributed by atoms with Crippen molar-refractivity contribution in [3.63, 3.8) is 0 Å². The maximum atomic E-state index is 6.08. The van der Waals surface area contributed by atoms with Crippen LogP contribution in [0.5, 0.6) is 0 Å². The molecule has 0 unspecified atom stereocenters. The number of hydrogen-bond acceptors (Lipinski definition) is 3. The van der Waals surface area contributed by atoms with E-state index in [4.69, 9.17) is 9.47 Å². The molecule has 0 spiro atoms. The van der Waals surface area contributed by atoms with Gasteiger partial charge in [0.1, 0.15) is 0 Å². The summed E-state index contributed by atoms with van der Waals surface area (Å²) < 4.78 is 11.5. The average molecular weight is 564 g/mol. The van der Waals surface area contributed by atoms with Gasteiger partial charge in [-0.15, -0.1) is 24.0 Å². The van der Waals surface area contributed by atoms with Crippen molar-refractivity contribution >= 4 is 29.9 Å². The van der Waals surface area contributed by atoms with Crippen LogP contribution >= 0.6 is 24.0 Å². The molecule has 0 aromatic heterocycles. The van der Waals surface area contributed by atoms with Crippen LogP contribution in [-0.2, 0) is 22.6 Å². The lowest BCUT2D eigenvalue weighted by Crippen LogP contribution is -2.44. The predicted octanol–water partition coefficient (Wildman–Crippen LogP) is 5.39. The Bertz CT molecular complexity index is 847. The minimum Gasteiger partial charge on any atom is -0.381 e. The molecule has 2 aromatic rings. The van der Waals surface area contributed by atoms with Crippen molar-refractivity contribution in [3.05, 3.63) is 71.3 Å². The third-order valence-electron chi connectivity index (χ3n) is 6.67. The van der Waals surface area contributed by atoms with Crippen molar-refractivity contribution in [1.29, 1.82) is 0 Å². The quantitative estimate of drug-likeness (QED) is 0.270. The highest BCUT2D eigenvalue weighted by Crippen LogP contribution is 2.32. The van der Waals surface area contributed by atoms with Gasteiger partial charge in [0.15, 0.2) is 5.96 Å². The maximum Gasteiger partial charge on any atom is 0.191 e. The summed E-state index contributed by atoms with van der Waals surface area (Å²) in [6.45, 7) is 3.05. The Morgan fingerprint density at radius 1 is 0.939 bits per heavy atom. The van der Waals surface area contributed by atoms with Crippen LogP contribution in [0, 0.1) is 0 Å². The van der Waals surface area contributed by atoms with E-state index in [-0.39, 0.29) is 24.0 Å². The maximum absolute atomic E-state index is 6.08. The Morgan fingerprint density at radius 3 is 2.39 bits per heavy atom. The number of nitrogens with zero attached hydrogens (tertiary/aromatic N) is 1.